The van der Waals surface area contributed by atoms with Gasteiger partial charge in [-0.15, -0.1) is 0 Å². The summed E-state index contributed by atoms with van der Waals surface area (Å²) in [5.41, 5.74) is 3.73. The minimum atomic E-state index is -0.145. The number of benzene rings is 2. The number of nitrogens with zero attached hydrogens (tertiary/aromatic N) is 3. The summed E-state index contributed by atoms with van der Waals surface area (Å²) in [6.45, 7) is 3.52. The van der Waals surface area contributed by atoms with E-state index in [4.69, 9.17) is 9.97 Å². The number of Topliss-reactive ketones (excluding diaryl/α,β-unsaturated/α-hetero) is 1. The van der Waals surface area contributed by atoms with Crippen molar-refractivity contribution in [3.05, 3.63) is 48.5 Å². The van der Waals surface area contributed by atoms with E-state index in [2.05, 4.69) is 4.40 Å². The van der Waals surface area contributed by atoms with Crippen molar-refractivity contribution in [2.75, 3.05) is 0 Å². The molecule has 0 N–H and O–H groups in total. The highest BCUT2D eigenvalue weighted by molar-refractivity contribution is 8.00. The maximum Gasteiger partial charge on any atom is 0.175 e. The lowest BCUT2D eigenvalue weighted by Gasteiger charge is -2.11. The molecule has 0 saturated carbocycles. The molecule has 2 heterocycles. The van der Waals surface area contributed by atoms with Crippen LogP contribution in [0.5, 0.6) is 0 Å². The van der Waals surface area contributed by atoms with Crippen LogP contribution in [0.15, 0.2) is 53.7 Å². The Hall–Kier alpha value is -2.40. The first-order valence-corrected chi connectivity index (χ1v) is 8.36. The van der Waals surface area contributed by atoms with E-state index in [0.717, 1.165) is 32.7 Å². The second-order valence-corrected chi connectivity index (χ2v) is 6.85. The molecule has 0 aliphatic rings. The van der Waals surface area contributed by atoms with Crippen molar-refractivity contribution in [3.63, 3.8) is 0 Å². The molecule has 4 aromatic rings. The number of carbonyl (C=O) groups excluding carboxylic acids is 1. The van der Waals surface area contributed by atoms with Crippen molar-refractivity contribution in [2.24, 2.45) is 0 Å². The van der Waals surface area contributed by atoms with E-state index in [1.165, 1.54) is 11.8 Å². The van der Waals surface area contributed by atoms with Crippen molar-refractivity contribution < 1.29 is 4.79 Å². The summed E-state index contributed by atoms with van der Waals surface area (Å²) in [6.07, 6.45) is 0. The molecule has 0 spiro atoms. The molecule has 0 bridgehead atoms. The van der Waals surface area contributed by atoms with Gasteiger partial charge in [0.05, 0.1) is 21.8 Å². The Morgan fingerprint density at radius 1 is 1.04 bits per heavy atom. The third-order valence-corrected chi connectivity index (χ3v) is 5.14. The number of thioether (sulfide) groups is 1. The molecule has 0 aliphatic heterocycles. The number of rotatable bonds is 3. The first-order chi connectivity index (χ1) is 11.1. The Kier molecular flexibility index (Phi) is 3.31. The normalized spacial score (nSPS) is 13.0. The van der Waals surface area contributed by atoms with Gasteiger partial charge in [0.25, 0.3) is 0 Å². The number of aromatic nitrogens is 3. The molecule has 0 unspecified atom stereocenters. The Bertz CT molecular complexity index is 1050. The van der Waals surface area contributed by atoms with E-state index in [1.807, 2.05) is 55.5 Å². The quantitative estimate of drug-likeness (QED) is 0.421. The van der Waals surface area contributed by atoms with Crippen molar-refractivity contribution in [1.29, 1.82) is 0 Å². The van der Waals surface area contributed by atoms with Gasteiger partial charge in [0.2, 0.25) is 0 Å². The third kappa shape index (κ3) is 2.28. The van der Waals surface area contributed by atoms with Crippen LogP contribution in [0, 0.1) is 0 Å². The zero-order chi connectivity index (χ0) is 16.0. The second-order valence-electron chi connectivity index (χ2n) is 5.54. The average molecular weight is 321 g/mol. The highest BCUT2D eigenvalue weighted by atomic mass is 32.2. The fourth-order valence-electron chi connectivity index (χ4n) is 2.63. The Balaban J connectivity index is 2.11. The Morgan fingerprint density at radius 2 is 1.74 bits per heavy atom. The van der Waals surface area contributed by atoms with Gasteiger partial charge in [0, 0.05) is 5.39 Å². The van der Waals surface area contributed by atoms with Gasteiger partial charge in [-0.05, 0) is 38.1 Å². The van der Waals surface area contributed by atoms with Crippen LogP contribution in [0.4, 0.5) is 0 Å². The van der Waals surface area contributed by atoms with Gasteiger partial charge >= 0.3 is 0 Å². The summed E-state index contributed by atoms with van der Waals surface area (Å²) in [7, 11) is 0. The smallest absolute Gasteiger partial charge is 0.175 e. The molecule has 114 valence electrons. The summed E-state index contributed by atoms with van der Waals surface area (Å²) in [6, 6.07) is 16.0. The number of hydrogen-bond donors (Lipinski definition) is 0. The van der Waals surface area contributed by atoms with Crippen molar-refractivity contribution >= 4 is 45.1 Å². The van der Waals surface area contributed by atoms with Gasteiger partial charge in [-0.25, -0.2) is 9.97 Å². The van der Waals surface area contributed by atoms with Crippen LogP contribution in [0.1, 0.15) is 13.8 Å². The maximum atomic E-state index is 11.7. The fourth-order valence-corrected chi connectivity index (χ4v) is 3.56. The minimum Gasteiger partial charge on any atom is -0.299 e. The number of para-hydroxylation sites is 3. The standard InChI is InChI=1S/C18H15N3OS/c1-11(22)12(2)23-18-20-14-8-4-3-7-13(14)17-19-15-9-5-6-10-16(15)21(17)18/h3-10,12H,1-2H3/t12-/m0/s1. The summed E-state index contributed by atoms with van der Waals surface area (Å²) >= 11 is 1.48. The summed E-state index contributed by atoms with van der Waals surface area (Å²) in [5.74, 6) is 0.141. The number of carbonyl (C=O) groups is 1. The zero-order valence-electron chi connectivity index (χ0n) is 12.9. The lowest BCUT2D eigenvalue weighted by Crippen LogP contribution is -2.10. The lowest BCUT2D eigenvalue weighted by atomic mass is 10.2. The lowest BCUT2D eigenvalue weighted by molar-refractivity contribution is -0.116. The molecule has 0 aliphatic carbocycles. The van der Waals surface area contributed by atoms with Crippen molar-refractivity contribution in [1.82, 2.24) is 14.4 Å². The minimum absolute atomic E-state index is 0.141. The predicted octanol–water partition coefficient (Wildman–Crippen LogP) is 4.11. The van der Waals surface area contributed by atoms with Gasteiger partial charge in [-0.2, -0.15) is 0 Å². The highest BCUT2D eigenvalue weighted by Gasteiger charge is 2.17. The number of ketones is 1. The summed E-state index contributed by atoms with van der Waals surface area (Å²) in [4.78, 5) is 21.2. The molecule has 23 heavy (non-hydrogen) atoms. The topological polar surface area (TPSA) is 47.3 Å². The highest BCUT2D eigenvalue weighted by Crippen LogP contribution is 2.30. The van der Waals surface area contributed by atoms with Crippen molar-refractivity contribution in [3.8, 4) is 0 Å². The van der Waals surface area contributed by atoms with Crippen LogP contribution >= 0.6 is 11.8 Å². The van der Waals surface area contributed by atoms with E-state index in [9.17, 15) is 4.79 Å². The summed E-state index contributed by atoms with van der Waals surface area (Å²) in [5, 5.41) is 1.67. The second kappa shape index (κ2) is 5.35. The molecule has 0 fully saturated rings. The largest absolute Gasteiger partial charge is 0.299 e. The number of hydrogen-bond acceptors (Lipinski definition) is 4. The molecule has 0 saturated heterocycles. The first kappa shape index (κ1) is 14.2. The SMILES string of the molecule is CC(=O)[C@H](C)Sc1nc2ccccc2c2nc3ccccc3n12. The molecular weight excluding hydrogens is 306 g/mol. The molecule has 0 radical (unpaired) electrons. The van der Waals surface area contributed by atoms with Crippen LogP contribution in [-0.2, 0) is 4.79 Å². The average Bonchev–Trinajstić information content (AvgIpc) is 2.95. The fraction of sp³-hybridized carbons (Fsp3) is 0.167. The van der Waals surface area contributed by atoms with Crippen LogP contribution in [-0.4, -0.2) is 25.4 Å². The van der Waals surface area contributed by atoms with Gasteiger partial charge in [0.15, 0.2) is 5.16 Å². The molecule has 1 atom stereocenters. The number of fused-ring (bicyclic) bond motifs is 5. The molecule has 5 heteroatoms. The van der Waals surface area contributed by atoms with Crippen molar-refractivity contribution in [2.45, 2.75) is 24.3 Å². The van der Waals surface area contributed by atoms with E-state index in [-0.39, 0.29) is 11.0 Å². The van der Waals surface area contributed by atoms with E-state index < -0.39 is 0 Å². The number of imidazole rings is 1. The van der Waals surface area contributed by atoms with Gasteiger partial charge in [0.1, 0.15) is 11.4 Å². The molecule has 4 nitrogen and oxygen atoms in total. The van der Waals surface area contributed by atoms with Crippen LogP contribution in [0.2, 0.25) is 0 Å². The molecule has 2 aromatic heterocycles. The Labute approximate surface area is 137 Å². The molecular formula is C18H15N3OS. The van der Waals surface area contributed by atoms with Gasteiger partial charge in [-0.1, -0.05) is 36.0 Å². The van der Waals surface area contributed by atoms with E-state index in [0.29, 0.717) is 0 Å². The Morgan fingerprint density at radius 3 is 2.52 bits per heavy atom. The van der Waals surface area contributed by atoms with Gasteiger partial charge < -0.3 is 0 Å². The van der Waals surface area contributed by atoms with E-state index >= 15 is 0 Å². The summed E-state index contributed by atoms with van der Waals surface area (Å²) < 4.78 is 2.06. The monoisotopic (exact) mass is 321 g/mol. The third-order valence-electron chi connectivity index (χ3n) is 3.97. The van der Waals surface area contributed by atoms with Crippen LogP contribution < -0.4 is 0 Å². The maximum absolute atomic E-state index is 11.7. The molecule has 4 rings (SSSR count). The van der Waals surface area contributed by atoms with E-state index in [1.54, 1.807) is 6.92 Å². The zero-order valence-corrected chi connectivity index (χ0v) is 13.7. The predicted molar refractivity (Wildman–Crippen MR) is 94.0 cm³/mol. The van der Waals surface area contributed by atoms with Crippen LogP contribution in [0.3, 0.4) is 0 Å². The first-order valence-electron chi connectivity index (χ1n) is 7.48. The van der Waals surface area contributed by atoms with Gasteiger partial charge in [-0.3, -0.25) is 9.20 Å². The molecule has 0 amide bonds. The van der Waals surface area contributed by atoms with Crippen LogP contribution in [0.25, 0.3) is 27.6 Å². The molecule has 2 aromatic carbocycles.